The summed E-state index contributed by atoms with van der Waals surface area (Å²) in [6, 6.07) is 9.88. The first-order chi connectivity index (χ1) is 22.6. The number of benzene rings is 2. The van der Waals surface area contributed by atoms with Crippen molar-refractivity contribution >= 4 is 45.5 Å². The van der Waals surface area contributed by atoms with Gasteiger partial charge in [0.05, 0.1) is 30.4 Å². The summed E-state index contributed by atoms with van der Waals surface area (Å²) < 4.78 is 62.1. The molecule has 1 aliphatic rings. The third-order valence-electron chi connectivity index (χ3n) is 8.07. The lowest BCUT2D eigenvalue weighted by Crippen LogP contribution is -2.34. The second-order valence-electron chi connectivity index (χ2n) is 11.2. The minimum absolute atomic E-state index is 0.0512. The maximum Gasteiger partial charge on any atom is 0.421 e. The molecule has 0 unspecified atom stereocenters. The molecular formula is C32H38F4N8O3. The first kappa shape index (κ1) is 33.6. The first-order valence-corrected chi connectivity index (χ1v) is 15.3. The van der Waals surface area contributed by atoms with Crippen LogP contribution in [-0.2, 0) is 17.5 Å². The fourth-order valence-corrected chi connectivity index (χ4v) is 5.66. The van der Waals surface area contributed by atoms with Gasteiger partial charge in [-0.1, -0.05) is 12.1 Å². The Morgan fingerprint density at radius 3 is 2.57 bits per heavy atom. The Morgan fingerprint density at radius 1 is 1.06 bits per heavy atom. The van der Waals surface area contributed by atoms with E-state index in [2.05, 4.69) is 36.1 Å². The summed E-state index contributed by atoms with van der Waals surface area (Å²) >= 11 is 0. The Balaban J connectivity index is 1.29. The number of methoxy groups -OCH3 is 1. The van der Waals surface area contributed by atoms with Crippen LogP contribution in [0.1, 0.15) is 30.5 Å². The minimum Gasteiger partial charge on any atom is -0.494 e. The lowest BCUT2D eigenvalue weighted by Gasteiger charge is -2.17. The van der Waals surface area contributed by atoms with Crippen LogP contribution in [0.25, 0.3) is 10.8 Å². The molecule has 0 atom stereocenters. The number of hydrogen-bond donors (Lipinski definition) is 5. The summed E-state index contributed by atoms with van der Waals surface area (Å²) in [4.78, 5) is 22.6. The van der Waals surface area contributed by atoms with E-state index in [9.17, 15) is 27.5 Å². The highest BCUT2D eigenvalue weighted by atomic mass is 19.4. The average Bonchev–Trinajstić information content (AvgIpc) is 3.64. The number of rotatable bonds is 14. The van der Waals surface area contributed by atoms with Gasteiger partial charge >= 0.3 is 6.18 Å². The van der Waals surface area contributed by atoms with E-state index in [0.717, 1.165) is 19.6 Å². The number of nitrogens with one attached hydrogen (secondary N) is 4. The Kier molecular flexibility index (Phi) is 10.5. The largest absolute Gasteiger partial charge is 0.494 e. The zero-order valence-electron chi connectivity index (χ0n) is 26.2. The van der Waals surface area contributed by atoms with Gasteiger partial charge in [-0.2, -0.15) is 18.2 Å². The van der Waals surface area contributed by atoms with Crippen LogP contribution in [-0.4, -0.2) is 77.0 Å². The molecule has 0 saturated carbocycles. The number of alkyl halides is 4. The first-order valence-electron chi connectivity index (χ1n) is 15.3. The Labute approximate surface area is 269 Å². The van der Waals surface area contributed by atoms with Crippen LogP contribution in [0.5, 0.6) is 11.6 Å². The molecule has 0 spiro atoms. The zero-order valence-corrected chi connectivity index (χ0v) is 26.2. The summed E-state index contributed by atoms with van der Waals surface area (Å²) in [5.41, 5.74) is 0.675. The van der Waals surface area contributed by atoms with Crippen LogP contribution in [0, 0.1) is 6.92 Å². The molecule has 11 nitrogen and oxygen atoms in total. The van der Waals surface area contributed by atoms with Crippen LogP contribution in [0.3, 0.4) is 0 Å². The van der Waals surface area contributed by atoms with Gasteiger partial charge in [0, 0.05) is 55.1 Å². The van der Waals surface area contributed by atoms with Gasteiger partial charge in [0.25, 0.3) is 0 Å². The third-order valence-corrected chi connectivity index (χ3v) is 8.07. The molecule has 5 rings (SSSR count). The van der Waals surface area contributed by atoms with Crippen molar-refractivity contribution in [3.05, 3.63) is 53.9 Å². The number of halogens is 4. The van der Waals surface area contributed by atoms with E-state index in [0.29, 0.717) is 47.5 Å². The quantitative estimate of drug-likeness (QED) is 0.105. The number of ether oxygens (including phenoxy) is 1. The van der Waals surface area contributed by atoms with Crippen molar-refractivity contribution in [1.82, 2.24) is 24.8 Å². The molecule has 252 valence electrons. The van der Waals surface area contributed by atoms with E-state index >= 15 is 0 Å². The summed E-state index contributed by atoms with van der Waals surface area (Å²) in [6.07, 6.45) is -1.44. The highest BCUT2D eigenvalue weighted by Crippen LogP contribution is 2.41. The van der Waals surface area contributed by atoms with Crippen LogP contribution in [0.4, 0.5) is 46.4 Å². The predicted molar refractivity (Wildman–Crippen MR) is 173 cm³/mol. The van der Waals surface area contributed by atoms with Gasteiger partial charge in [0.1, 0.15) is 23.8 Å². The van der Waals surface area contributed by atoms with E-state index in [1.165, 1.54) is 30.6 Å². The molecule has 4 aromatic rings. The second kappa shape index (κ2) is 14.8. The van der Waals surface area contributed by atoms with Crippen molar-refractivity contribution < 1.29 is 32.2 Å². The molecule has 3 heterocycles. The molecule has 1 fully saturated rings. The summed E-state index contributed by atoms with van der Waals surface area (Å²) in [5, 5.41) is 23.4. The molecule has 0 aliphatic carbocycles. The smallest absolute Gasteiger partial charge is 0.421 e. The van der Waals surface area contributed by atoms with Gasteiger partial charge < -0.3 is 40.6 Å². The fourth-order valence-electron chi connectivity index (χ4n) is 5.66. The number of carbonyl (C=O) groups excluding carboxylic acids is 1. The van der Waals surface area contributed by atoms with Crippen molar-refractivity contribution in [2.24, 2.45) is 0 Å². The molecule has 1 saturated heterocycles. The van der Waals surface area contributed by atoms with E-state index < -0.39 is 24.2 Å². The van der Waals surface area contributed by atoms with Crippen molar-refractivity contribution in [2.75, 3.05) is 62.5 Å². The lowest BCUT2D eigenvalue weighted by molar-refractivity contribution is -0.137. The van der Waals surface area contributed by atoms with Crippen molar-refractivity contribution in [2.45, 2.75) is 38.9 Å². The van der Waals surface area contributed by atoms with Crippen molar-refractivity contribution in [3.8, 4) is 11.6 Å². The second-order valence-corrected chi connectivity index (χ2v) is 11.2. The standard InChI is InChI=1S/C32H38F4N8O3/c1-20-22-6-5-7-25(28(22)30(46)44(20)16-11-33)40-29-23(32(34,35)36)19-39-31(42-29)41-24-9-8-21(18-26(24)47-2)37-12-10-27(45)38-13-17-43-14-3-4-15-43/h5-9,18-19,37,46H,3-4,10-17H2,1-2H3,(H,38,45)(H2,39,40,41,42). The SMILES string of the molecule is COc1cc(NCCC(=O)NCCN2CCCC2)ccc1Nc1ncc(C(F)(F)F)c(Nc2cccc3c(C)n(CCF)c(O)c23)n1. The summed E-state index contributed by atoms with van der Waals surface area (Å²) in [6.45, 7) is 4.86. The Hall–Kier alpha value is -4.79. The van der Waals surface area contributed by atoms with E-state index in [4.69, 9.17) is 4.74 Å². The lowest BCUT2D eigenvalue weighted by atomic mass is 10.1. The fraction of sp³-hybridized carbons (Fsp3) is 0.406. The third kappa shape index (κ3) is 7.96. The van der Waals surface area contributed by atoms with Crippen LogP contribution in [0.2, 0.25) is 0 Å². The monoisotopic (exact) mass is 658 g/mol. The number of amides is 1. The van der Waals surface area contributed by atoms with Crippen LogP contribution in [0.15, 0.2) is 42.6 Å². The number of nitrogens with zero attached hydrogens (tertiary/aromatic N) is 4. The van der Waals surface area contributed by atoms with Gasteiger partial charge in [0.2, 0.25) is 17.7 Å². The van der Waals surface area contributed by atoms with Gasteiger partial charge in [0.15, 0.2) is 0 Å². The van der Waals surface area contributed by atoms with Crippen molar-refractivity contribution in [1.29, 1.82) is 0 Å². The van der Waals surface area contributed by atoms with Gasteiger partial charge in [-0.25, -0.2) is 9.37 Å². The van der Waals surface area contributed by atoms with Crippen LogP contribution >= 0.6 is 0 Å². The normalized spacial score (nSPS) is 13.6. The number of fused-ring (bicyclic) bond motifs is 1. The minimum atomic E-state index is -4.79. The summed E-state index contributed by atoms with van der Waals surface area (Å²) in [7, 11) is 1.45. The van der Waals surface area contributed by atoms with Gasteiger partial charge in [-0.3, -0.25) is 4.79 Å². The molecule has 5 N–H and O–H groups in total. The summed E-state index contributed by atoms with van der Waals surface area (Å²) in [5.74, 6) is -0.649. The Morgan fingerprint density at radius 2 is 1.85 bits per heavy atom. The molecule has 0 radical (unpaired) electrons. The highest BCUT2D eigenvalue weighted by Gasteiger charge is 2.36. The number of anilines is 5. The molecule has 0 bridgehead atoms. The molecule has 2 aromatic heterocycles. The predicted octanol–water partition coefficient (Wildman–Crippen LogP) is 5.94. The van der Waals surface area contributed by atoms with Gasteiger partial charge in [-0.05, 0) is 51.1 Å². The topological polar surface area (TPSA) is 129 Å². The van der Waals surface area contributed by atoms with E-state index in [-0.39, 0.29) is 41.8 Å². The maximum atomic E-state index is 14.0. The Bertz CT molecular complexity index is 1710. The number of carbonyl (C=O) groups is 1. The maximum absolute atomic E-state index is 14.0. The van der Waals surface area contributed by atoms with Gasteiger partial charge in [-0.15, -0.1) is 0 Å². The molecule has 15 heteroatoms. The number of hydrogen-bond acceptors (Lipinski definition) is 9. The highest BCUT2D eigenvalue weighted by molar-refractivity contribution is 6.01. The van der Waals surface area contributed by atoms with Crippen molar-refractivity contribution in [3.63, 3.8) is 0 Å². The molecule has 1 aliphatic heterocycles. The number of aryl methyl sites for hydroxylation is 1. The molecule has 2 aromatic carbocycles. The van der Waals surface area contributed by atoms with E-state index in [1.807, 2.05) is 0 Å². The molecule has 1 amide bonds. The number of aromatic hydroxyl groups is 1. The zero-order chi connectivity index (χ0) is 33.6. The number of aromatic nitrogens is 3. The molecular weight excluding hydrogens is 620 g/mol. The number of likely N-dealkylation sites (tertiary alicyclic amines) is 1. The van der Waals surface area contributed by atoms with Crippen LogP contribution < -0.4 is 26.0 Å². The van der Waals surface area contributed by atoms with E-state index in [1.54, 1.807) is 37.3 Å². The average molecular weight is 659 g/mol. The molecule has 47 heavy (non-hydrogen) atoms.